The number of thiocarbonyl (C=S) groups is 1. The van der Waals surface area contributed by atoms with Crippen molar-refractivity contribution in [1.82, 2.24) is 5.32 Å². The van der Waals surface area contributed by atoms with E-state index in [9.17, 15) is 19.3 Å². The molecule has 36 heavy (non-hydrogen) atoms. The van der Waals surface area contributed by atoms with E-state index in [1.54, 1.807) is 17.0 Å². The zero-order valence-electron chi connectivity index (χ0n) is 19.1. The minimum Gasteiger partial charge on any atom is -0.474 e. The lowest BCUT2D eigenvalue weighted by atomic mass is 10.2. The number of ether oxygens (including phenoxy) is 2. The molecular formula is C22H22F2N6O5S. The summed E-state index contributed by atoms with van der Waals surface area (Å²) >= 11 is 4.90. The number of hydrogen-bond acceptors (Lipinski definition) is 9. The summed E-state index contributed by atoms with van der Waals surface area (Å²) in [6.07, 6.45) is 0.419. The fourth-order valence-electron chi connectivity index (χ4n) is 3.85. The van der Waals surface area contributed by atoms with Gasteiger partial charge in [0.15, 0.2) is 5.82 Å². The number of non-ortho nitro benzene ring substituents is 1. The van der Waals surface area contributed by atoms with Crippen LogP contribution in [-0.2, 0) is 9.47 Å². The summed E-state index contributed by atoms with van der Waals surface area (Å²) in [5.41, 5.74) is 0.350. The molecule has 2 aliphatic heterocycles. The van der Waals surface area contributed by atoms with Crippen molar-refractivity contribution in [3.8, 4) is 0 Å². The summed E-state index contributed by atoms with van der Waals surface area (Å²) in [5.74, 6) is -1.33. The maximum absolute atomic E-state index is 15.1. The van der Waals surface area contributed by atoms with Crippen molar-refractivity contribution in [3.63, 3.8) is 0 Å². The van der Waals surface area contributed by atoms with Gasteiger partial charge in [-0.15, -0.1) is 0 Å². The summed E-state index contributed by atoms with van der Waals surface area (Å²) in [5, 5.41) is 19.4. The Morgan fingerprint density at radius 1 is 1.25 bits per heavy atom. The number of anilines is 3. The molecule has 2 aromatic carbocycles. The highest BCUT2D eigenvalue weighted by Gasteiger charge is 2.33. The van der Waals surface area contributed by atoms with Crippen LogP contribution in [0.15, 0.2) is 41.5 Å². The fraction of sp³-hybridized carbons (Fsp3) is 0.318. The van der Waals surface area contributed by atoms with Crippen molar-refractivity contribution in [2.45, 2.75) is 6.10 Å². The SMILES string of the molecule is COC(=S)NC[C@H]1CN(c2ccc(N3CC=NN(c4ccc([N+](=O)[O-])cc4F)CC3)c(F)c2)C(=O)O1. The van der Waals surface area contributed by atoms with Crippen LogP contribution in [0.3, 0.4) is 0 Å². The van der Waals surface area contributed by atoms with Gasteiger partial charge in [-0.2, -0.15) is 5.10 Å². The number of nitro groups is 1. The number of carbonyl (C=O) groups is 1. The number of rotatable bonds is 6. The molecule has 0 aromatic heterocycles. The number of methoxy groups -OCH3 is 1. The van der Waals surface area contributed by atoms with E-state index in [-0.39, 0.29) is 48.4 Å². The molecule has 4 rings (SSSR count). The molecule has 2 aromatic rings. The summed E-state index contributed by atoms with van der Waals surface area (Å²) in [6.45, 7) is 1.23. The van der Waals surface area contributed by atoms with E-state index in [0.29, 0.717) is 12.2 Å². The highest BCUT2D eigenvalue weighted by Crippen LogP contribution is 2.29. The van der Waals surface area contributed by atoms with Crippen LogP contribution in [0.25, 0.3) is 0 Å². The van der Waals surface area contributed by atoms with Gasteiger partial charge in [-0.05, 0) is 36.5 Å². The Morgan fingerprint density at radius 2 is 2.00 bits per heavy atom. The largest absolute Gasteiger partial charge is 0.474 e. The van der Waals surface area contributed by atoms with Crippen LogP contribution in [0.2, 0.25) is 0 Å². The fourth-order valence-corrected chi connectivity index (χ4v) is 3.93. The second-order valence-electron chi connectivity index (χ2n) is 7.88. The highest BCUT2D eigenvalue weighted by molar-refractivity contribution is 7.80. The number of cyclic esters (lactones) is 1. The standard InChI is InChI=1S/C22H22F2N6O5S/c1-34-21(36)25-12-16-13-28(22(31)35-16)14-2-4-19(17(23)10-14)27-7-6-26-29(9-8-27)20-5-3-15(30(32)33)11-18(20)24/h2-6,10-11,16H,7-9,12-13H2,1H3,(H,25,36)/t16-/m0/s1. The van der Waals surface area contributed by atoms with Gasteiger partial charge < -0.3 is 19.7 Å². The molecule has 0 saturated carbocycles. The number of carbonyl (C=O) groups excluding carboxylic acids is 1. The number of amides is 1. The molecule has 0 aliphatic carbocycles. The Bertz CT molecular complexity index is 1220. The molecule has 11 nitrogen and oxygen atoms in total. The predicted molar refractivity (Wildman–Crippen MR) is 133 cm³/mol. The van der Waals surface area contributed by atoms with Gasteiger partial charge >= 0.3 is 6.09 Å². The quantitative estimate of drug-likeness (QED) is 0.349. The third kappa shape index (κ3) is 5.43. The molecule has 1 atom stereocenters. The topological polar surface area (TPSA) is 113 Å². The Labute approximate surface area is 210 Å². The summed E-state index contributed by atoms with van der Waals surface area (Å²) in [7, 11) is 1.42. The lowest BCUT2D eigenvalue weighted by molar-refractivity contribution is -0.385. The first kappa shape index (κ1) is 25.0. The molecule has 14 heteroatoms. The highest BCUT2D eigenvalue weighted by atomic mass is 32.1. The molecule has 0 unspecified atom stereocenters. The predicted octanol–water partition coefficient (Wildman–Crippen LogP) is 3.03. The maximum Gasteiger partial charge on any atom is 0.414 e. The molecular weight excluding hydrogens is 498 g/mol. The zero-order chi connectivity index (χ0) is 25.8. The van der Waals surface area contributed by atoms with E-state index in [4.69, 9.17) is 21.7 Å². The molecule has 1 saturated heterocycles. The first-order valence-electron chi connectivity index (χ1n) is 10.8. The van der Waals surface area contributed by atoms with E-state index >= 15 is 4.39 Å². The normalized spacial score (nSPS) is 17.6. The van der Waals surface area contributed by atoms with Crippen LogP contribution in [0, 0.1) is 21.7 Å². The van der Waals surface area contributed by atoms with Gasteiger partial charge in [0.2, 0.25) is 0 Å². The van der Waals surface area contributed by atoms with E-state index in [1.807, 2.05) is 0 Å². The number of hydrazone groups is 1. The Balaban J connectivity index is 1.42. The lowest BCUT2D eigenvalue weighted by Gasteiger charge is -2.24. The van der Waals surface area contributed by atoms with Crippen molar-refractivity contribution in [3.05, 3.63) is 58.1 Å². The molecule has 0 spiro atoms. The number of nitrogens with zero attached hydrogens (tertiary/aromatic N) is 5. The van der Waals surface area contributed by atoms with Crippen molar-refractivity contribution >= 4 is 52.4 Å². The van der Waals surface area contributed by atoms with Crippen molar-refractivity contribution < 1.29 is 28.0 Å². The van der Waals surface area contributed by atoms with Crippen molar-refractivity contribution in [2.24, 2.45) is 5.10 Å². The zero-order valence-corrected chi connectivity index (χ0v) is 19.9. The van der Waals surface area contributed by atoms with Gasteiger partial charge in [-0.25, -0.2) is 13.6 Å². The molecule has 1 fully saturated rings. The third-order valence-electron chi connectivity index (χ3n) is 5.64. The van der Waals surface area contributed by atoms with Crippen molar-refractivity contribution in [2.75, 3.05) is 54.6 Å². The van der Waals surface area contributed by atoms with Gasteiger partial charge in [-0.1, -0.05) is 0 Å². The first-order chi connectivity index (χ1) is 17.3. The van der Waals surface area contributed by atoms with Gasteiger partial charge in [0, 0.05) is 18.8 Å². The molecule has 2 heterocycles. The van der Waals surface area contributed by atoms with Crippen LogP contribution in [0.4, 0.5) is 36.3 Å². The second-order valence-corrected chi connectivity index (χ2v) is 8.26. The van der Waals surface area contributed by atoms with Crippen LogP contribution in [-0.4, -0.2) is 68.3 Å². The monoisotopic (exact) mass is 520 g/mol. The lowest BCUT2D eigenvalue weighted by Crippen LogP contribution is -2.34. The molecule has 0 bridgehead atoms. The Morgan fingerprint density at radius 3 is 2.69 bits per heavy atom. The summed E-state index contributed by atoms with van der Waals surface area (Å²) < 4.78 is 39.7. The molecule has 190 valence electrons. The summed E-state index contributed by atoms with van der Waals surface area (Å²) in [6, 6.07) is 7.75. The Hall–Kier alpha value is -4.07. The average Bonchev–Trinajstić information content (AvgIpc) is 3.06. The van der Waals surface area contributed by atoms with Crippen LogP contribution in [0.1, 0.15) is 0 Å². The maximum atomic E-state index is 15.1. The molecule has 0 radical (unpaired) electrons. The van der Waals surface area contributed by atoms with E-state index < -0.39 is 28.8 Å². The van der Waals surface area contributed by atoms with E-state index in [0.717, 1.165) is 6.07 Å². The van der Waals surface area contributed by atoms with Crippen molar-refractivity contribution in [1.29, 1.82) is 0 Å². The van der Waals surface area contributed by atoms with Gasteiger partial charge in [0.1, 0.15) is 11.9 Å². The third-order valence-corrected chi connectivity index (χ3v) is 5.95. The summed E-state index contributed by atoms with van der Waals surface area (Å²) in [4.78, 5) is 25.5. The first-order valence-corrected chi connectivity index (χ1v) is 11.3. The number of hydrogen-bond donors (Lipinski definition) is 1. The van der Waals surface area contributed by atoms with Gasteiger partial charge in [-0.3, -0.25) is 20.0 Å². The number of benzene rings is 2. The number of nitrogens with one attached hydrogen (secondary N) is 1. The second kappa shape index (κ2) is 10.7. The molecule has 1 amide bonds. The van der Waals surface area contributed by atoms with Gasteiger partial charge in [0.25, 0.3) is 10.9 Å². The van der Waals surface area contributed by atoms with Gasteiger partial charge in [0.05, 0.1) is 61.3 Å². The Kier molecular flexibility index (Phi) is 7.43. The number of halogens is 2. The van der Waals surface area contributed by atoms with Crippen LogP contribution >= 0.6 is 12.2 Å². The molecule has 1 N–H and O–H groups in total. The molecule has 2 aliphatic rings. The van der Waals surface area contributed by atoms with Crippen LogP contribution in [0.5, 0.6) is 0 Å². The van der Waals surface area contributed by atoms with Crippen LogP contribution < -0.4 is 20.1 Å². The van der Waals surface area contributed by atoms with E-state index in [1.165, 1.54) is 41.4 Å². The van der Waals surface area contributed by atoms with E-state index in [2.05, 4.69) is 10.4 Å². The smallest absolute Gasteiger partial charge is 0.414 e. The number of nitro benzene ring substituents is 1. The average molecular weight is 521 g/mol. The minimum atomic E-state index is -0.777. The minimum absolute atomic E-state index is 0.0809.